The molecule has 0 aliphatic carbocycles. The van der Waals surface area contributed by atoms with Crippen LogP contribution in [0.2, 0.25) is 0 Å². The molecule has 0 saturated heterocycles. The van der Waals surface area contributed by atoms with Crippen molar-refractivity contribution in [2.75, 3.05) is 17.5 Å². The molecule has 5 heteroatoms. The van der Waals surface area contributed by atoms with Crippen LogP contribution in [-0.2, 0) is 0 Å². The highest BCUT2D eigenvalue weighted by molar-refractivity contribution is 7.98. The lowest BCUT2D eigenvalue weighted by atomic mass is 10.2. The number of carbonyl (C=O) groups is 1. The molecule has 0 saturated carbocycles. The summed E-state index contributed by atoms with van der Waals surface area (Å²) < 4.78 is 0. The molecule has 0 aliphatic rings. The molecule has 0 fully saturated rings. The third kappa shape index (κ3) is 3.36. The number of anilines is 1. The summed E-state index contributed by atoms with van der Waals surface area (Å²) in [6, 6.07) is 15.1. The quantitative estimate of drug-likeness (QED) is 0.405. The molecule has 20 heavy (non-hydrogen) atoms. The summed E-state index contributed by atoms with van der Waals surface area (Å²) in [6.07, 6.45) is 3.99. The molecule has 2 N–H and O–H groups in total. The number of hydrogen-bond donors (Lipinski definition) is 1. The predicted octanol–water partition coefficient (Wildman–Crippen LogP) is 3.65. The number of thioether (sulfide) groups is 2. The van der Waals surface area contributed by atoms with Crippen LogP contribution >= 0.6 is 23.5 Å². The zero-order valence-electron chi connectivity index (χ0n) is 11.4. The van der Waals surface area contributed by atoms with Crippen molar-refractivity contribution in [3.8, 4) is 0 Å². The minimum atomic E-state index is -0.210. The lowest BCUT2D eigenvalue weighted by molar-refractivity contribution is 0.0986. The smallest absolute Gasteiger partial charge is 0.267 e. The Hall–Kier alpha value is -1.43. The van der Waals surface area contributed by atoms with Gasteiger partial charge in [0, 0.05) is 15.4 Å². The summed E-state index contributed by atoms with van der Waals surface area (Å²) in [5.74, 6) is 5.71. The molecule has 0 unspecified atom stereocenters. The maximum Gasteiger partial charge on any atom is 0.272 e. The van der Waals surface area contributed by atoms with Crippen LogP contribution in [0.25, 0.3) is 0 Å². The monoisotopic (exact) mass is 304 g/mol. The fourth-order valence-corrected chi connectivity index (χ4v) is 2.62. The van der Waals surface area contributed by atoms with Crippen molar-refractivity contribution >= 4 is 35.1 Å². The summed E-state index contributed by atoms with van der Waals surface area (Å²) in [4.78, 5) is 14.5. The summed E-state index contributed by atoms with van der Waals surface area (Å²) >= 11 is 3.25. The third-order valence-electron chi connectivity index (χ3n) is 2.89. The number of nitrogens with zero attached hydrogens (tertiary/aromatic N) is 1. The summed E-state index contributed by atoms with van der Waals surface area (Å²) in [5, 5.41) is 1.18. The molecular formula is C15H16N2OS2. The van der Waals surface area contributed by atoms with E-state index in [1.165, 1.54) is 5.01 Å². The molecule has 2 aromatic rings. The van der Waals surface area contributed by atoms with Gasteiger partial charge in [0.1, 0.15) is 0 Å². The van der Waals surface area contributed by atoms with Crippen LogP contribution in [0.15, 0.2) is 58.3 Å². The molecule has 0 radical (unpaired) electrons. The number of nitrogens with two attached hydrogens (primary N) is 1. The Balaban J connectivity index is 2.22. The first-order valence-corrected chi connectivity index (χ1v) is 8.48. The standard InChI is InChI=1S/C15H16N2OS2/c1-19-13-8-6-12(7-9-13)17(16)15(18)11-4-3-5-14(10-11)20-2/h3-10H,16H2,1-2H3. The van der Waals surface area contributed by atoms with Crippen LogP contribution in [0.3, 0.4) is 0 Å². The van der Waals surface area contributed by atoms with E-state index in [1.54, 1.807) is 29.6 Å². The second-order valence-corrected chi connectivity index (χ2v) is 5.86. The van der Waals surface area contributed by atoms with E-state index >= 15 is 0 Å². The van der Waals surface area contributed by atoms with Gasteiger partial charge in [-0.25, -0.2) is 10.9 Å². The van der Waals surface area contributed by atoms with Crippen LogP contribution in [0.5, 0.6) is 0 Å². The highest BCUT2D eigenvalue weighted by atomic mass is 32.2. The number of benzene rings is 2. The molecular weight excluding hydrogens is 288 g/mol. The first-order chi connectivity index (χ1) is 9.65. The molecule has 2 rings (SSSR count). The average molecular weight is 304 g/mol. The van der Waals surface area contributed by atoms with Gasteiger partial charge < -0.3 is 0 Å². The number of hydrogen-bond acceptors (Lipinski definition) is 4. The van der Waals surface area contributed by atoms with E-state index < -0.39 is 0 Å². The van der Waals surface area contributed by atoms with Crippen LogP contribution in [0.1, 0.15) is 10.4 Å². The van der Waals surface area contributed by atoms with Crippen LogP contribution in [0, 0.1) is 0 Å². The molecule has 3 nitrogen and oxygen atoms in total. The van der Waals surface area contributed by atoms with Gasteiger partial charge in [0.15, 0.2) is 0 Å². The first kappa shape index (κ1) is 15.0. The van der Waals surface area contributed by atoms with E-state index in [1.807, 2.05) is 55.0 Å². The van der Waals surface area contributed by atoms with Gasteiger partial charge in [-0.3, -0.25) is 4.79 Å². The fourth-order valence-electron chi connectivity index (χ4n) is 1.76. The van der Waals surface area contributed by atoms with Crippen molar-refractivity contribution in [3.05, 3.63) is 54.1 Å². The van der Waals surface area contributed by atoms with Gasteiger partial charge >= 0.3 is 0 Å². The minimum Gasteiger partial charge on any atom is -0.267 e. The van der Waals surface area contributed by atoms with E-state index in [2.05, 4.69) is 0 Å². The fraction of sp³-hybridized carbons (Fsp3) is 0.133. The SMILES string of the molecule is CSc1ccc(N(N)C(=O)c2cccc(SC)c2)cc1. The van der Waals surface area contributed by atoms with Gasteiger partial charge in [0.05, 0.1) is 5.69 Å². The normalized spacial score (nSPS) is 10.3. The highest BCUT2D eigenvalue weighted by Crippen LogP contribution is 2.21. The number of amides is 1. The zero-order valence-corrected chi connectivity index (χ0v) is 13.0. The Labute approximate surface area is 127 Å². The average Bonchev–Trinajstić information content (AvgIpc) is 2.53. The molecule has 0 aromatic heterocycles. The second kappa shape index (κ2) is 6.83. The number of hydrazine groups is 1. The molecule has 0 heterocycles. The lowest BCUT2D eigenvalue weighted by Crippen LogP contribution is -2.37. The summed E-state index contributed by atoms with van der Waals surface area (Å²) in [6.45, 7) is 0. The minimum absolute atomic E-state index is 0.210. The Bertz CT molecular complexity index is 599. The topological polar surface area (TPSA) is 46.3 Å². The summed E-state index contributed by atoms with van der Waals surface area (Å²) in [5.41, 5.74) is 1.27. The van der Waals surface area contributed by atoms with E-state index in [9.17, 15) is 4.79 Å². The second-order valence-electron chi connectivity index (χ2n) is 4.11. The first-order valence-electron chi connectivity index (χ1n) is 6.03. The van der Waals surface area contributed by atoms with E-state index in [4.69, 9.17) is 5.84 Å². The zero-order chi connectivity index (χ0) is 14.5. The Morgan fingerprint density at radius 1 is 1.00 bits per heavy atom. The molecule has 1 amide bonds. The molecule has 0 atom stereocenters. The van der Waals surface area contributed by atoms with Crippen molar-refractivity contribution in [2.24, 2.45) is 5.84 Å². The Morgan fingerprint density at radius 3 is 2.25 bits per heavy atom. The maximum atomic E-state index is 12.4. The van der Waals surface area contributed by atoms with Crippen LogP contribution < -0.4 is 10.9 Å². The van der Waals surface area contributed by atoms with Crippen molar-refractivity contribution < 1.29 is 4.79 Å². The van der Waals surface area contributed by atoms with Gasteiger partial charge in [-0.2, -0.15) is 0 Å². The Kier molecular flexibility index (Phi) is 5.11. The molecule has 0 spiro atoms. The molecule has 0 bridgehead atoms. The molecule has 2 aromatic carbocycles. The number of carbonyl (C=O) groups excluding carboxylic acids is 1. The van der Waals surface area contributed by atoms with Crippen molar-refractivity contribution in [1.29, 1.82) is 0 Å². The van der Waals surface area contributed by atoms with Gasteiger partial charge in [-0.15, -0.1) is 23.5 Å². The Morgan fingerprint density at radius 2 is 1.65 bits per heavy atom. The summed E-state index contributed by atoms with van der Waals surface area (Å²) in [7, 11) is 0. The number of rotatable bonds is 4. The largest absolute Gasteiger partial charge is 0.272 e. The van der Waals surface area contributed by atoms with Gasteiger partial charge in [0.25, 0.3) is 5.91 Å². The molecule has 0 aliphatic heterocycles. The predicted molar refractivity (Wildman–Crippen MR) is 87.4 cm³/mol. The third-order valence-corrected chi connectivity index (χ3v) is 4.35. The lowest BCUT2D eigenvalue weighted by Gasteiger charge is -2.17. The van der Waals surface area contributed by atoms with Crippen LogP contribution in [0.4, 0.5) is 5.69 Å². The highest BCUT2D eigenvalue weighted by Gasteiger charge is 2.14. The van der Waals surface area contributed by atoms with Gasteiger partial charge in [0.2, 0.25) is 0 Å². The maximum absolute atomic E-state index is 12.4. The van der Waals surface area contributed by atoms with Crippen LogP contribution in [-0.4, -0.2) is 18.4 Å². The van der Waals surface area contributed by atoms with Crippen molar-refractivity contribution in [3.63, 3.8) is 0 Å². The van der Waals surface area contributed by atoms with Gasteiger partial charge in [-0.05, 0) is 55.0 Å². The van der Waals surface area contributed by atoms with Crippen molar-refractivity contribution in [1.82, 2.24) is 0 Å². The van der Waals surface area contributed by atoms with E-state index in [0.717, 1.165) is 9.79 Å². The van der Waals surface area contributed by atoms with E-state index in [0.29, 0.717) is 11.3 Å². The van der Waals surface area contributed by atoms with E-state index in [-0.39, 0.29) is 5.91 Å². The van der Waals surface area contributed by atoms with Gasteiger partial charge in [-0.1, -0.05) is 6.07 Å². The molecule has 104 valence electrons. The van der Waals surface area contributed by atoms with Crippen molar-refractivity contribution in [2.45, 2.75) is 9.79 Å².